The molecule has 2 N–H and O–H groups in total. The third-order valence-corrected chi connectivity index (χ3v) is 3.58. The number of carbonyl (C=O) groups is 2. The first-order valence-corrected chi connectivity index (χ1v) is 7.97. The van der Waals surface area contributed by atoms with Crippen LogP contribution < -0.4 is 10.1 Å². The van der Waals surface area contributed by atoms with E-state index in [0.717, 1.165) is 6.42 Å². The predicted molar refractivity (Wildman–Crippen MR) is 87.8 cm³/mol. The van der Waals surface area contributed by atoms with Gasteiger partial charge in [-0.05, 0) is 42.8 Å². The first-order chi connectivity index (χ1) is 12.0. The second kappa shape index (κ2) is 8.86. The summed E-state index contributed by atoms with van der Waals surface area (Å²) in [4.78, 5) is 23.1. The van der Waals surface area contributed by atoms with Gasteiger partial charge < -0.3 is 19.6 Å². The maximum absolute atomic E-state index is 12.8. The van der Waals surface area contributed by atoms with Crippen LogP contribution in [0.25, 0.3) is 0 Å². The van der Waals surface area contributed by atoms with Crippen molar-refractivity contribution in [2.45, 2.75) is 26.4 Å². The third-order valence-electron chi connectivity index (χ3n) is 3.58. The number of carbonyl (C=O) groups excluding carboxylic acids is 1. The number of halogens is 1. The first-order valence-electron chi connectivity index (χ1n) is 7.97. The van der Waals surface area contributed by atoms with Gasteiger partial charge in [0.2, 0.25) is 0 Å². The highest BCUT2D eigenvalue weighted by Crippen LogP contribution is 2.15. The van der Waals surface area contributed by atoms with Gasteiger partial charge in [-0.15, -0.1) is 0 Å². The van der Waals surface area contributed by atoms with Gasteiger partial charge in [0.25, 0.3) is 5.91 Å². The fourth-order valence-electron chi connectivity index (χ4n) is 2.23. The fraction of sp³-hybridized carbons (Fsp3) is 0.333. The molecule has 1 amide bonds. The Morgan fingerprint density at radius 2 is 1.96 bits per heavy atom. The minimum absolute atomic E-state index is 0.0458. The maximum atomic E-state index is 12.8. The third kappa shape index (κ3) is 5.63. The van der Waals surface area contributed by atoms with Crippen LogP contribution in [0.3, 0.4) is 0 Å². The Hall–Kier alpha value is -2.83. The van der Waals surface area contributed by atoms with Crippen molar-refractivity contribution >= 4 is 11.9 Å². The SMILES string of the molecule is CCCC(CNC(=O)c1ccc(COc2ccc(F)cc2)o1)C(=O)O. The van der Waals surface area contributed by atoms with Gasteiger partial charge in [0.15, 0.2) is 5.76 Å². The van der Waals surface area contributed by atoms with Crippen molar-refractivity contribution in [2.24, 2.45) is 5.92 Å². The molecule has 25 heavy (non-hydrogen) atoms. The summed E-state index contributed by atoms with van der Waals surface area (Å²) in [5.41, 5.74) is 0. The Bertz CT molecular complexity index is 711. The second-order valence-corrected chi connectivity index (χ2v) is 5.54. The van der Waals surface area contributed by atoms with E-state index in [0.29, 0.717) is 17.9 Å². The van der Waals surface area contributed by atoms with Crippen LogP contribution in [-0.2, 0) is 11.4 Å². The van der Waals surface area contributed by atoms with Crippen molar-refractivity contribution in [2.75, 3.05) is 6.54 Å². The average Bonchev–Trinajstić information content (AvgIpc) is 3.06. The zero-order chi connectivity index (χ0) is 18.2. The van der Waals surface area contributed by atoms with Crippen molar-refractivity contribution in [1.29, 1.82) is 0 Å². The van der Waals surface area contributed by atoms with E-state index in [9.17, 15) is 14.0 Å². The molecule has 1 unspecified atom stereocenters. The van der Waals surface area contributed by atoms with Gasteiger partial charge in [-0.25, -0.2) is 4.39 Å². The second-order valence-electron chi connectivity index (χ2n) is 5.54. The Morgan fingerprint density at radius 1 is 1.24 bits per heavy atom. The number of aliphatic carboxylic acids is 1. The van der Waals surface area contributed by atoms with E-state index in [4.69, 9.17) is 14.3 Å². The van der Waals surface area contributed by atoms with E-state index in [1.54, 1.807) is 6.07 Å². The number of furan rings is 1. The predicted octanol–water partition coefficient (Wildman–Crippen LogP) is 3.23. The van der Waals surface area contributed by atoms with E-state index >= 15 is 0 Å². The molecule has 0 spiro atoms. The van der Waals surface area contributed by atoms with E-state index in [1.807, 2.05) is 6.92 Å². The molecule has 2 rings (SSSR count). The summed E-state index contributed by atoms with van der Waals surface area (Å²) in [6.07, 6.45) is 1.21. The molecule has 0 saturated carbocycles. The van der Waals surface area contributed by atoms with Gasteiger partial charge in [0.1, 0.15) is 23.9 Å². The minimum Gasteiger partial charge on any atom is -0.486 e. The van der Waals surface area contributed by atoms with Crippen LogP contribution in [0.5, 0.6) is 5.75 Å². The highest BCUT2D eigenvalue weighted by atomic mass is 19.1. The molecule has 0 fully saturated rings. The van der Waals surface area contributed by atoms with Gasteiger partial charge in [-0.3, -0.25) is 9.59 Å². The standard InChI is InChI=1S/C18H20FNO5/c1-2-3-12(18(22)23)10-20-17(21)16-9-8-15(25-16)11-24-14-6-4-13(19)5-7-14/h4-9,12H,2-3,10-11H2,1H3,(H,20,21)(H,22,23). The summed E-state index contributed by atoms with van der Waals surface area (Å²) in [7, 11) is 0. The van der Waals surface area contributed by atoms with Crippen molar-refractivity contribution in [3.05, 3.63) is 53.7 Å². The Kier molecular flexibility index (Phi) is 6.56. The molecule has 0 radical (unpaired) electrons. The molecule has 7 heteroatoms. The van der Waals surface area contributed by atoms with Gasteiger partial charge >= 0.3 is 5.97 Å². The average molecular weight is 349 g/mol. The van der Waals surface area contributed by atoms with Crippen molar-refractivity contribution in [1.82, 2.24) is 5.32 Å². The number of amides is 1. The monoisotopic (exact) mass is 349 g/mol. The molecule has 2 aromatic rings. The Labute approximate surface area is 144 Å². The van der Waals surface area contributed by atoms with E-state index in [1.165, 1.54) is 30.3 Å². The Balaban J connectivity index is 1.86. The molecule has 0 aliphatic carbocycles. The molecule has 0 saturated heterocycles. The van der Waals surface area contributed by atoms with Gasteiger partial charge in [-0.1, -0.05) is 13.3 Å². The number of nitrogens with one attached hydrogen (secondary N) is 1. The summed E-state index contributed by atoms with van der Waals surface area (Å²) in [5, 5.41) is 11.6. The van der Waals surface area contributed by atoms with Crippen molar-refractivity contribution in [3.63, 3.8) is 0 Å². The lowest BCUT2D eigenvalue weighted by Crippen LogP contribution is -2.32. The zero-order valence-electron chi connectivity index (χ0n) is 13.8. The highest BCUT2D eigenvalue weighted by Gasteiger charge is 2.19. The molecule has 134 valence electrons. The van der Waals surface area contributed by atoms with Crippen LogP contribution in [0.15, 0.2) is 40.8 Å². The highest BCUT2D eigenvalue weighted by molar-refractivity contribution is 5.91. The minimum atomic E-state index is -0.935. The number of benzene rings is 1. The lowest BCUT2D eigenvalue weighted by Gasteiger charge is -2.11. The molecule has 1 aromatic heterocycles. The molecule has 1 atom stereocenters. The molecular weight excluding hydrogens is 329 g/mol. The lowest BCUT2D eigenvalue weighted by molar-refractivity contribution is -0.141. The number of carboxylic acid groups (broad SMARTS) is 1. The van der Waals surface area contributed by atoms with Crippen LogP contribution in [-0.4, -0.2) is 23.5 Å². The van der Waals surface area contributed by atoms with Crippen molar-refractivity contribution < 1.29 is 28.2 Å². The van der Waals surface area contributed by atoms with Crippen LogP contribution >= 0.6 is 0 Å². The molecule has 0 aliphatic rings. The van der Waals surface area contributed by atoms with Gasteiger partial charge in [0.05, 0.1) is 5.92 Å². The topological polar surface area (TPSA) is 88.8 Å². The number of hydrogen-bond donors (Lipinski definition) is 2. The summed E-state index contributed by atoms with van der Waals surface area (Å²) >= 11 is 0. The smallest absolute Gasteiger partial charge is 0.308 e. The summed E-state index contributed by atoms with van der Waals surface area (Å²) < 4.78 is 23.6. The molecular formula is C18H20FNO5. The van der Waals surface area contributed by atoms with E-state index < -0.39 is 17.8 Å². The summed E-state index contributed by atoms with van der Waals surface area (Å²) in [6.45, 7) is 2.02. The molecule has 6 nitrogen and oxygen atoms in total. The summed E-state index contributed by atoms with van der Waals surface area (Å²) in [5.74, 6) is -1.40. The molecule has 1 aromatic carbocycles. The number of rotatable bonds is 9. The maximum Gasteiger partial charge on any atom is 0.308 e. The molecule has 1 heterocycles. The van der Waals surface area contributed by atoms with Gasteiger partial charge in [-0.2, -0.15) is 0 Å². The van der Waals surface area contributed by atoms with E-state index in [2.05, 4.69) is 5.32 Å². The summed E-state index contributed by atoms with van der Waals surface area (Å²) in [6, 6.07) is 8.64. The van der Waals surface area contributed by atoms with Crippen molar-refractivity contribution in [3.8, 4) is 5.75 Å². The Morgan fingerprint density at radius 3 is 2.60 bits per heavy atom. The van der Waals surface area contributed by atoms with Crippen LogP contribution in [0.4, 0.5) is 4.39 Å². The molecule has 0 bridgehead atoms. The number of carboxylic acids is 1. The van der Waals surface area contributed by atoms with Crippen LogP contribution in [0, 0.1) is 11.7 Å². The fourth-order valence-corrected chi connectivity index (χ4v) is 2.23. The normalized spacial score (nSPS) is 11.8. The lowest BCUT2D eigenvalue weighted by atomic mass is 10.0. The van der Waals surface area contributed by atoms with Crippen LogP contribution in [0.1, 0.15) is 36.1 Å². The largest absolute Gasteiger partial charge is 0.486 e. The van der Waals surface area contributed by atoms with E-state index in [-0.39, 0.29) is 24.7 Å². The number of ether oxygens (including phenoxy) is 1. The first kappa shape index (κ1) is 18.5. The molecule has 0 aliphatic heterocycles. The van der Waals surface area contributed by atoms with Gasteiger partial charge in [0, 0.05) is 6.54 Å². The quantitative estimate of drug-likeness (QED) is 0.725. The zero-order valence-corrected chi connectivity index (χ0v) is 13.8. The van der Waals surface area contributed by atoms with Crippen LogP contribution in [0.2, 0.25) is 0 Å². The number of hydrogen-bond acceptors (Lipinski definition) is 4.